The third-order valence-electron chi connectivity index (χ3n) is 2.95. The predicted octanol–water partition coefficient (Wildman–Crippen LogP) is 4.29. The van der Waals surface area contributed by atoms with Gasteiger partial charge in [0.15, 0.2) is 0 Å². The highest BCUT2D eigenvalue weighted by molar-refractivity contribution is 9.10. The molecule has 0 aliphatic rings. The van der Waals surface area contributed by atoms with Crippen LogP contribution in [0.25, 0.3) is 0 Å². The lowest BCUT2D eigenvalue weighted by Gasteiger charge is -2.19. The summed E-state index contributed by atoms with van der Waals surface area (Å²) in [6, 6.07) is 5.53. The van der Waals surface area contributed by atoms with Gasteiger partial charge < -0.3 is 5.32 Å². The second-order valence-corrected chi connectivity index (χ2v) is 5.59. The number of aryl methyl sites for hydroxylation is 1. The number of halogens is 2. The van der Waals surface area contributed by atoms with Crippen molar-refractivity contribution in [2.45, 2.75) is 27.2 Å². The van der Waals surface area contributed by atoms with E-state index in [9.17, 15) is 4.79 Å². The highest BCUT2D eigenvalue weighted by Crippen LogP contribution is 2.31. The van der Waals surface area contributed by atoms with Gasteiger partial charge in [-0.25, -0.2) is 0 Å². The molecule has 1 rings (SSSR count). The van der Waals surface area contributed by atoms with E-state index < -0.39 is 5.41 Å². The van der Waals surface area contributed by atoms with Crippen LogP contribution in [0.15, 0.2) is 16.6 Å². The first-order valence-electron chi connectivity index (χ1n) is 5.52. The first kappa shape index (κ1) is 15.0. The predicted molar refractivity (Wildman–Crippen MR) is 76.5 cm³/mol. The van der Waals surface area contributed by atoms with Gasteiger partial charge in [-0.05, 0) is 53.9 Å². The summed E-state index contributed by atoms with van der Waals surface area (Å²) in [6.07, 6.45) is 0.451. The largest absolute Gasteiger partial charge is 0.324 e. The first-order chi connectivity index (χ1) is 8.34. The van der Waals surface area contributed by atoms with Crippen molar-refractivity contribution >= 4 is 39.1 Å². The lowest BCUT2D eigenvalue weighted by Crippen LogP contribution is -2.31. The molecule has 0 fully saturated rings. The van der Waals surface area contributed by atoms with Crippen molar-refractivity contribution in [2.75, 3.05) is 5.32 Å². The quantitative estimate of drug-likeness (QED) is 0.899. The lowest BCUT2D eigenvalue weighted by atomic mass is 9.88. The fourth-order valence-electron chi connectivity index (χ4n) is 1.29. The molecular formula is C13H14BrClN2O. The van der Waals surface area contributed by atoms with E-state index in [0.29, 0.717) is 17.1 Å². The van der Waals surface area contributed by atoms with Gasteiger partial charge in [0.2, 0.25) is 5.91 Å². The van der Waals surface area contributed by atoms with E-state index in [1.54, 1.807) is 19.9 Å². The summed E-state index contributed by atoms with van der Waals surface area (Å²) in [6.45, 7) is 5.30. The van der Waals surface area contributed by atoms with Crippen LogP contribution >= 0.6 is 27.5 Å². The number of rotatable bonds is 3. The monoisotopic (exact) mass is 328 g/mol. The molecule has 0 aliphatic carbocycles. The van der Waals surface area contributed by atoms with Crippen molar-refractivity contribution in [1.82, 2.24) is 0 Å². The molecule has 0 aromatic heterocycles. The van der Waals surface area contributed by atoms with Crippen molar-refractivity contribution < 1.29 is 4.79 Å². The Morgan fingerprint density at radius 1 is 1.61 bits per heavy atom. The van der Waals surface area contributed by atoms with Gasteiger partial charge in [0, 0.05) is 9.50 Å². The fraction of sp³-hybridized carbons (Fsp3) is 0.385. The Morgan fingerprint density at radius 3 is 2.72 bits per heavy atom. The van der Waals surface area contributed by atoms with Crippen LogP contribution in [0.4, 0.5) is 5.69 Å². The zero-order valence-electron chi connectivity index (χ0n) is 10.5. The third kappa shape index (κ3) is 3.04. The standard InChI is InChI=1S/C13H14BrClN2O/c1-4-13(3,7-16)12(18)17-11-6-10(15)8(2)5-9(11)14/h5-6H,4H2,1-3H3,(H,17,18). The van der Waals surface area contributed by atoms with Gasteiger partial charge in [-0.1, -0.05) is 18.5 Å². The topological polar surface area (TPSA) is 52.9 Å². The number of carbonyl (C=O) groups excluding carboxylic acids is 1. The van der Waals surface area contributed by atoms with Crippen LogP contribution in [0.1, 0.15) is 25.8 Å². The van der Waals surface area contributed by atoms with Crippen LogP contribution in [0.5, 0.6) is 0 Å². The summed E-state index contributed by atoms with van der Waals surface area (Å²) in [5.74, 6) is -0.326. The minimum absolute atomic E-state index is 0.326. The van der Waals surface area contributed by atoms with Gasteiger partial charge in [0.1, 0.15) is 5.41 Å². The molecule has 0 radical (unpaired) electrons. The van der Waals surface area contributed by atoms with Crippen LogP contribution in [0.2, 0.25) is 5.02 Å². The number of benzene rings is 1. The fourth-order valence-corrected chi connectivity index (χ4v) is 2.01. The molecule has 0 aliphatic heterocycles. The molecule has 1 amide bonds. The molecule has 1 aromatic carbocycles. The van der Waals surface area contributed by atoms with Gasteiger partial charge in [-0.3, -0.25) is 4.79 Å². The Balaban J connectivity index is 3.03. The summed E-state index contributed by atoms with van der Waals surface area (Å²) >= 11 is 9.38. The summed E-state index contributed by atoms with van der Waals surface area (Å²) in [7, 11) is 0. The van der Waals surface area contributed by atoms with E-state index in [1.807, 2.05) is 19.1 Å². The minimum atomic E-state index is -1.03. The molecule has 1 atom stereocenters. The number of amides is 1. The third-order valence-corrected chi connectivity index (χ3v) is 4.01. The number of nitrogens with one attached hydrogen (secondary N) is 1. The smallest absolute Gasteiger partial charge is 0.244 e. The molecule has 1 N–H and O–H groups in total. The minimum Gasteiger partial charge on any atom is -0.324 e. The number of hydrogen-bond donors (Lipinski definition) is 1. The maximum Gasteiger partial charge on any atom is 0.244 e. The number of carbonyl (C=O) groups is 1. The molecule has 0 bridgehead atoms. The zero-order chi connectivity index (χ0) is 13.9. The Morgan fingerprint density at radius 2 is 2.22 bits per heavy atom. The summed E-state index contributed by atoms with van der Waals surface area (Å²) in [5, 5.41) is 12.4. The van der Waals surface area contributed by atoms with Crippen LogP contribution in [-0.2, 0) is 4.79 Å². The van der Waals surface area contributed by atoms with Crippen molar-refractivity contribution in [3.63, 3.8) is 0 Å². The molecule has 18 heavy (non-hydrogen) atoms. The lowest BCUT2D eigenvalue weighted by molar-refractivity contribution is -0.122. The van der Waals surface area contributed by atoms with Crippen molar-refractivity contribution in [3.05, 3.63) is 27.2 Å². The Kier molecular flexibility index (Phi) is 4.78. The van der Waals surface area contributed by atoms with Crippen molar-refractivity contribution in [2.24, 2.45) is 5.41 Å². The van der Waals surface area contributed by atoms with E-state index >= 15 is 0 Å². The molecular weight excluding hydrogens is 316 g/mol. The summed E-state index contributed by atoms with van der Waals surface area (Å²) in [5.41, 5.74) is 0.460. The van der Waals surface area contributed by atoms with Gasteiger partial charge in [-0.2, -0.15) is 5.26 Å². The number of nitrogens with zero attached hydrogens (tertiary/aromatic N) is 1. The van der Waals surface area contributed by atoms with E-state index in [4.69, 9.17) is 16.9 Å². The van der Waals surface area contributed by atoms with Gasteiger partial charge in [0.05, 0.1) is 11.8 Å². The Hall–Kier alpha value is -1.05. The van der Waals surface area contributed by atoms with Gasteiger partial charge >= 0.3 is 0 Å². The maximum atomic E-state index is 12.0. The van der Waals surface area contributed by atoms with Crippen LogP contribution in [-0.4, -0.2) is 5.91 Å². The molecule has 0 spiro atoms. The zero-order valence-corrected chi connectivity index (χ0v) is 12.8. The average Bonchev–Trinajstić information content (AvgIpc) is 2.34. The van der Waals surface area contributed by atoms with Crippen LogP contribution in [0.3, 0.4) is 0 Å². The number of hydrogen-bond acceptors (Lipinski definition) is 2. The van der Waals surface area contributed by atoms with Gasteiger partial charge in [-0.15, -0.1) is 0 Å². The highest BCUT2D eigenvalue weighted by Gasteiger charge is 2.31. The number of nitriles is 1. The first-order valence-corrected chi connectivity index (χ1v) is 6.69. The van der Waals surface area contributed by atoms with Gasteiger partial charge in [0.25, 0.3) is 0 Å². The molecule has 1 unspecified atom stereocenters. The maximum absolute atomic E-state index is 12.0. The summed E-state index contributed by atoms with van der Waals surface area (Å²) < 4.78 is 0.745. The van der Waals surface area contributed by atoms with Crippen molar-refractivity contribution in [1.29, 1.82) is 5.26 Å². The normalized spacial score (nSPS) is 13.6. The van der Waals surface area contributed by atoms with Crippen LogP contribution in [0, 0.1) is 23.7 Å². The molecule has 96 valence electrons. The molecule has 0 heterocycles. The molecule has 5 heteroatoms. The van der Waals surface area contributed by atoms with E-state index in [1.165, 1.54) is 0 Å². The van der Waals surface area contributed by atoms with Crippen molar-refractivity contribution in [3.8, 4) is 6.07 Å². The van der Waals surface area contributed by atoms with E-state index in [-0.39, 0.29) is 5.91 Å². The average molecular weight is 330 g/mol. The van der Waals surface area contributed by atoms with E-state index in [0.717, 1.165) is 10.0 Å². The Labute approximate surface area is 120 Å². The molecule has 0 saturated heterocycles. The summed E-state index contributed by atoms with van der Waals surface area (Å²) in [4.78, 5) is 12.0. The Bertz CT molecular complexity index is 524. The molecule has 0 saturated carbocycles. The highest BCUT2D eigenvalue weighted by atomic mass is 79.9. The second kappa shape index (κ2) is 5.73. The SMILES string of the molecule is CCC(C)(C#N)C(=O)Nc1cc(Cl)c(C)cc1Br. The van der Waals surface area contributed by atoms with E-state index in [2.05, 4.69) is 21.2 Å². The molecule has 1 aromatic rings. The van der Waals surface area contributed by atoms with Crippen LogP contribution < -0.4 is 5.32 Å². The number of anilines is 1. The second-order valence-electron chi connectivity index (χ2n) is 4.33. The molecule has 3 nitrogen and oxygen atoms in total.